The van der Waals surface area contributed by atoms with E-state index in [9.17, 15) is 4.79 Å². The first-order valence-corrected chi connectivity index (χ1v) is 8.32. The van der Waals surface area contributed by atoms with Crippen LogP contribution in [0.4, 0.5) is 0 Å². The van der Waals surface area contributed by atoms with Gasteiger partial charge in [0.2, 0.25) is 5.91 Å². The Labute approximate surface area is 160 Å². The second-order valence-corrected chi connectivity index (χ2v) is 6.73. The quantitative estimate of drug-likeness (QED) is 0.413. The molecule has 134 valence electrons. The molecular weight excluding hydrogens is 419 g/mol. The lowest BCUT2D eigenvalue weighted by molar-refractivity contribution is -0.119. The maximum absolute atomic E-state index is 11.6. The Morgan fingerprint density at radius 3 is 3.00 bits per heavy atom. The van der Waals surface area contributed by atoms with Crippen LogP contribution in [0.2, 0.25) is 0 Å². The van der Waals surface area contributed by atoms with Crippen molar-refractivity contribution < 1.29 is 4.79 Å². The molecule has 0 radical (unpaired) electrons. The van der Waals surface area contributed by atoms with Crippen LogP contribution in [0, 0.1) is 12.3 Å². The minimum atomic E-state index is 0. The van der Waals surface area contributed by atoms with Crippen molar-refractivity contribution in [3.05, 3.63) is 18.0 Å². The summed E-state index contributed by atoms with van der Waals surface area (Å²) in [6.45, 7) is 6.33. The van der Waals surface area contributed by atoms with Gasteiger partial charge in [-0.1, -0.05) is 0 Å². The lowest BCUT2D eigenvalue weighted by Gasteiger charge is -2.40. The fourth-order valence-electron chi connectivity index (χ4n) is 3.63. The van der Waals surface area contributed by atoms with Gasteiger partial charge in [0, 0.05) is 51.3 Å². The molecule has 2 aliphatic heterocycles. The topological polar surface area (TPSA) is 74.6 Å². The molecule has 0 saturated carbocycles. The van der Waals surface area contributed by atoms with Crippen molar-refractivity contribution in [3.63, 3.8) is 0 Å². The Bertz CT molecular complexity index is 601. The summed E-state index contributed by atoms with van der Waals surface area (Å²) in [6, 6.07) is 0. The number of carbonyl (C=O) groups is 1. The number of halogens is 1. The van der Waals surface area contributed by atoms with Crippen molar-refractivity contribution in [1.29, 1.82) is 0 Å². The van der Waals surface area contributed by atoms with E-state index in [0.717, 1.165) is 51.5 Å². The zero-order chi connectivity index (χ0) is 16.3. The van der Waals surface area contributed by atoms with Gasteiger partial charge in [-0.25, -0.2) is 0 Å². The van der Waals surface area contributed by atoms with Gasteiger partial charge in [0.15, 0.2) is 5.96 Å². The summed E-state index contributed by atoms with van der Waals surface area (Å²) in [6.07, 6.45) is 6.77. The average Bonchev–Trinajstić information content (AvgIpc) is 3.10. The number of amides is 1. The first-order chi connectivity index (χ1) is 11.1. The lowest BCUT2D eigenvalue weighted by Crippen LogP contribution is -2.51. The molecule has 1 unspecified atom stereocenters. The maximum Gasteiger partial charge on any atom is 0.220 e. The smallest absolute Gasteiger partial charge is 0.220 e. The predicted octanol–water partition coefficient (Wildman–Crippen LogP) is 0.987. The fraction of sp³-hybridized carbons (Fsp3) is 0.688. The van der Waals surface area contributed by atoms with Crippen LogP contribution in [0.15, 0.2) is 17.4 Å². The van der Waals surface area contributed by atoms with Gasteiger partial charge < -0.3 is 15.5 Å². The third kappa shape index (κ3) is 4.40. The summed E-state index contributed by atoms with van der Waals surface area (Å²) in [5.74, 6) is 1.11. The minimum absolute atomic E-state index is 0. The second-order valence-electron chi connectivity index (χ2n) is 6.73. The van der Waals surface area contributed by atoms with Crippen LogP contribution in [-0.4, -0.2) is 59.8 Å². The van der Waals surface area contributed by atoms with E-state index in [1.807, 2.05) is 31.0 Å². The first-order valence-electron chi connectivity index (χ1n) is 8.32. The number of rotatable bonds is 3. The number of aliphatic imine (C=N–C) groups is 1. The highest BCUT2D eigenvalue weighted by atomic mass is 127. The molecule has 8 heteroatoms. The second kappa shape index (κ2) is 8.17. The molecule has 2 saturated heterocycles. The molecule has 1 amide bonds. The SMILES string of the molecule is CN=C(NCCn1cc(C)cn1)N1CCCC2(CNC(=O)C2)C1.I. The Hall–Kier alpha value is -1.32. The Balaban J connectivity index is 0.00000208. The minimum Gasteiger partial charge on any atom is -0.355 e. The molecule has 7 nitrogen and oxygen atoms in total. The molecule has 1 spiro atoms. The highest BCUT2D eigenvalue weighted by Gasteiger charge is 2.42. The van der Waals surface area contributed by atoms with Gasteiger partial charge in [-0.3, -0.25) is 14.5 Å². The Morgan fingerprint density at radius 2 is 2.38 bits per heavy atom. The predicted molar refractivity (Wildman–Crippen MR) is 105 cm³/mol. The van der Waals surface area contributed by atoms with Gasteiger partial charge in [0.25, 0.3) is 0 Å². The lowest BCUT2D eigenvalue weighted by atomic mass is 9.79. The van der Waals surface area contributed by atoms with Gasteiger partial charge in [0.05, 0.1) is 12.7 Å². The maximum atomic E-state index is 11.6. The molecule has 1 atom stereocenters. The number of hydrogen-bond acceptors (Lipinski definition) is 3. The standard InChI is InChI=1S/C16H26N6O.HI/c1-13-9-20-22(10-13)7-5-18-15(17-2)21-6-3-4-16(12-21)8-14(23)19-11-16;/h9-10H,3-8,11-12H2,1-2H3,(H,17,18)(H,19,23);1H. The van der Waals surface area contributed by atoms with Crippen LogP contribution in [0.1, 0.15) is 24.8 Å². The largest absolute Gasteiger partial charge is 0.355 e. The molecule has 0 aliphatic carbocycles. The summed E-state index contributed by atoms with van der Waals surface area (Å²) in [7, 11) is 1.82. The molecule has 3 rings (SSSR count). The molecule has 2 aliphatic rings. The van der Waals surface area contributed by atoms with Crippen molar-refractivity contribution in [2.45, 2.75) is 32.7 Å². The van der Waals surface area contributed by atoms with Crippen molar-refractivity contribution >= 4 is 35.8 Å². The van der Waals surface area contributed by atoms with Crippen molar-refractivity contribution in [1.82, 2.24) is 25.3 Å². The van der Waals surface area contributed by atoms with Crippen molar-refractivity contribution in [3.8, 4) is 0 Å². The first kappa shape index (κ1) is 19.0. The zero-order valence-electron chi connectivity index (χ0n) is 14.4. The summed E-state index contributed by atoms with van der Waals surface area (Å²) in [5.41, 5.74) is 1.26. The van der Waals surface area contributed by atoms with E-state index in [0.29, 0.717) is 6.42 Å². The monoisotopic (exact) mass is 446 g/mol. The summed E-state index contributed by atoms with van der Waals surface area (Å²) < 4.78 is 1.94. The molecule has 3 heterocycles. The molecule has 1 aromatic heterocycles. The van der Waals surface area contributed by atoms with Gasteiger partial charge in [-0.15, -0.1) is 24.0 Å². The molecule has 2 fully saturated rings. The van der Waals surface area contributed by atoms with Crippen LogP contribution in [0.5, 0.6) is 0 Å². The molecule has 24 heavy (non-hydrogen) atoms. The van der Waals surface area contributed by atoms with Crippen molar-refractivity contribution in [2.24, 2.45) is 10.4 Å². The van der Waals surface area contributed by atoms with Crippen LogP contribution in [0.25, 0.3) is 0 Å². The molecule has 2 N–H and O–H groups in total. The molecule has 0 bridgehead atoms. The Morgan fingerprint density at radius 1 is 1.54 bits per heavy atom. The number of nitrogens with one attached hydrogen (secondary N) is 2. The third-order valence-electron chi connectivity index (χ3n) is 4.76. The van der Waals surface area contributed by atoms with Gasteiger partial charge in [-0.05, 0) is 25.3 Å². The van der Waals surface area contributed by atoms with Gasteiger partial charge >= 0.3 is 0 Å². The van der Waals surface area contributed by atoms with E-state index in [2.05, 4.69) is 25.6 Å². The van der Waals surface area contributed by atoms with Crippen LogP contribution < -0.4 is 10.6 Å². The number of likely N-dealkylation sites (tertiary alicyclic amines) is 1. The number of nitrogens with zero attached hydrogens (tertiary/aromatic N) is 4. The van der Waals surface area contributed by atoms with Crippen LogP contribution >= 0.6 is 24.0 Å². The van der Waals surface area contributed by atoms with E-state index in [1.54, 1.807) is 0 Å². The van der Waals surface area contributed by atoms with E-state index < -0.39 is 0 Å². The molecule has 1 aromatic rings. The highest BCUT2D eigenvalue weighted by Crippen LogP contribution is 2.35. The average molecular weight is 446 g/mol. The molecule has 0 aromatic carbocycles. The van der Waals surface area contributed by atoms with E-state index in [-0.39, 0.29) is 35.3 Å². The number of aromatic nitrogens is 2. The number of guanidine groups is 1. The summed E-state index contributed by atoms with van der Waals surface area (Å²) in [4.78, 5) is 18.3. The fourth-order valence-corrected chi connectivity index (χ4v) is 3.63. The number of hydrogen-bond donors (Lipinski definition) is 2. The van der Waals surface area contributed by atoms with Gasteiger partial charge in [0.1, 0.15) is 0 Å². The molecular formula is C16H27IN6O. The summed E-state index contributed by atoms with van der Waals surface area (Å²) in [5, 5.41) is 10.7. The summed E-state index contributed by atoms with van der Waals surface area (Å²) >= 11 is 0. The third-order valence-corrected chi connectivity index (χ3v) is 4.76. The number of aryl methyl sites for hydroxylation is 1. The van der Waals surface area contributed by atoms with E-state index in [1.165, 1.54) is 5.56 Å². The van der Waals surface area contributed by atoms with Gasteiger partial charge in [-0.2, -0.15) is 5.10 Å². The van der Waals surface area contributed by atoms with E-state index in [4.69, 9.17) is 0 Å². The van der Waals surface area contributed by atoms with Crippen LogP contribution in [-0.2, 0) is 11.3 Å². The zero-order valence-corrected chi connectivity index (χ0v) is 16.7. The van der Waals surface area contributed by atoms with E-state index >= 15 is 0 Å². The van der Waals surface area contributed by atoms with Crippen LogP contribution in [0.3, 0.4) is 0 Å². The number of piperidine rings is 1. The Kier molecular flexibility index (Phi) is 6.47. The number of carbonyl (C=O) groups excluding carboxylic acids is 1. The van der Waals surface area contributed by atoms with Crippen molar-refractivity contribution in [2.75, 3.05) is 33.2 Å². The normalized spacial score (nSPS) is 24.0. The highest BCUT2D eigenvalue weighted by molar-refractivity contribution is 14.0.